The molecule has 1 unspecified atom stereocenters. The van der Waals surface area contributed by atoms with Crippen molar-refractivity contribution in [3.63, 3.8) is 0 Å². The van der Waals surface area contributed by atoms with Crippen molar-refractivity contribution in [3.8, 4) is 0 Å². The second kappa shape index (κ2) is 7.63. The van der Waals surface area contributed by atoms with E-state index in [1.165, 1.54) is 22.3 Å². The number of pyridine rings is 1. The Labute approximate surface area is 176 Å². The van der Waals surface area contributed by atoms with Gasteiger partial charge in [-0.25, -0.2) is 14.4 Å². The Balaban J connectivity index is 1.48. The zero-order valence-electron chi connectivity index (χ0n) is 16.1. The summed E-state index contributed by atoms with van der Waals surface area (Å²) in [5, 5.41) is 13.6. The van der Waals surface area contributed by atoms with Crippen molar-refractivity contribution in [1.82, 2.24) is 9.97 Å². The first-order valence-electron chi connectivity index (χ1n) is 9.93. The van der Waals surface area contributed by atoms with Crippen LogP contribution in [-0.4, -0.2) is 21.7 Å². The van der Waals surface area contributed by atoms with E-state index in [-0.39, 0.29) is 12.4 Å². The lowest BCUT2D eigenvalue weighted by Crippen LogP contribution is -2.10. The highest BCUT2D eigenvalue weighted by atomic mass is 32.1. The summed E-state index contributed by atoms with van der Waals surface area (Å²) >= 11 is 3.17. The van der Waals surface area contributed by atoms with Crippen molar-refractivity contribution in [2.75, 3.05) is 11.9 Å². The maximum absolute atomic E-state index is 14.6. The molecular weight excluding hydrogens is 405 g/mol. The molecule has 150 valence electrons. The fourth-order valence-corrected chi connectivity index (χ4v) is 6.55. The number of aliphatic hydroxyl groups excluding tert-OH is 1. The molecular formula is C22H22FN3OS2. The lowest BCUT2D eigenvalue weighted by atomic mass is 9.88. The van der Waals surface area contributed by atoms with Crippen LogP contribution in [0, 0.1) is 17.7 Å². The summed E-state index contributed by atoms with van der Waals surface area (Å²) in [7, 11) is 0. The molecule has 2 N–H and O–H groups in total. The molecule has 3 atom stereocenters. The number of fused-ring (bicyclic) bond motifs is 2. The maximum atomic E-state index is 14.6. The number of aromatic nitrogens is 2. The Hall–Kier alpha value is -2.09. The van der Waals surface area contributed by atoms with Crippen LogP contribution in [0.4, 0.5) is 15.8 Å². The van der Waals surface area contributed by atoms with Gasteiger partial charge in [-0.3, -0.25) is 0 Å². The molecule has 1 fully saturated rings. The fourth-order valence-electron chi connectivity index (χ4n) is 4.59. The van der Waals surface area contributed by atoms with Gasteiger partial charge in [0.1, 0.15) is 10.6 Å². The van der Waals surface area contributed by atoms with E-state index < -0.39 is 0 Å². The summed E-state index contributed by atoms with van der Waals surface area (Å²) < 4.78 is 15.4. The molecule has 7 heteroatoms. The Morgan fingerprint density at radius 2 is 2.10 bits per heavy atom. The van der Waals surface area contributed by atoms with Gasteiger partial charge in [0.15, 0.2) is 0 Å². The fraction of sp³-hybridized carbons (Fsp3) is 0.364. The Kier molecular flexibility index (Phi) is 4.97. The number of hydrogen-bond acceptors (Lipinski definition) is 6. The van der Waals surface area contributed by atoms with Crippen LogP contribution in [0.5, 0.6) is 0 Å². The van der Waals surface area contributed by atoms with E-state index in [2.05, 4.69) is 28.3 Å². The molecule has 1 aliphatic rings. The van der Waals surface area contributed by atoms with Crippen LogP contribution in [-0.2, 0) is 0 Å². The van der Waals surface area contributed by atoms with Gasteiger partial charge in [0.2, 0.25) is 0 Å². The highest BCUT2D eigenvalue weighted by Gasteiger charge is 2.34. The smallest absolute Gasteiger partial charge is 0.148 e. The van der Waals surface area contributed by atoms with Gasteiger partial charge in [0.05, 0.1) is 27.1 Å². The molecule has 1 aromatic carbocycles. The van der Waals surface area contributed by atoms with Crippen molar-refractivity contribution in [2.24, 2.45) is 11.8 Å². The van der Waals surface area contributed by atoms with Crippen LogP contribution < -0.4 is 5.32 Å². The van der Waals surface area contributed by atoms with E-state index in [1.54, 1.807) is 29.1 Å². The molecule has 3 aromatic heterocycles. The second-order valence-electron chi connectivity index (χ2n) is 7.82. The van der Waals surface area contributed by atoms with Crippen molar-refractivity contribution in [3.05, 3.63) is 46.7 Å². The molecule has 5 rings (SSSR count). The first-order chi connectivity index (χ1) is 14.1. The Morgan fingerprint density at radius 3 is 2.97 bits per heavy atom. The third-order valence-electron chi connectivity index (χ3n) is 6.24. The third kappa shape index (κ3) is 3.41. The van der Waals surface area contributed by atoms with Gasteiger partial charge in [-0.1, -0.05) is 6.92 Å². The van der Waals surface area contributed by atoms with Crippen LogP contribution in [0.2, 0.25) is 0 Å². The number of thiazole rings is 1. The second-order valence-corrected chi connectivity index (χ2v) is 9.77. The normalized spacial score (nSPS) is 22.0. The van der Waals surface area contributed by atoms with Crippen LogP contribution in [0.1, 0.15) is 37.0 Å². The molecule has 3 heterocycles. The van der Waals surface area contributed by atoms with E-state index in [1.807, 2.05) is 6.07 Å². The summed E-state index contributed by atoms with van der Waals surface area (Å²) in [6.45, 7) is 2.56. The summed E-state index contributed by atoms with van der Waals surface area (Å²) in [5.41, 5.74) is 3.82. The maximum Gasteiger partial charge on any atom is 0.148 e. The van der Waals surface area contributed by atoms with Gasteiger partial charge < -0.3 is 10.4 Å². The summed E-state index contributed by atoms with van der Waals surface area (Å²) in [4.78, 5) is 11.2. The predicted octanol–water partition coefficient (Wildman–Crippen LogP) is 6.30. The highest BCUT2D eigenvalue weighted by molar-refractivity contribution is 7.18. The average Bonchev–Trinajstić information content (AvgIpc) is 3.42. The lowest BCUT2D eigenvalue weighted by molar-refractivity contribution is 0.237. The van der Waals surface area contributed by atoms with E-state index in [0.717, 1.165) is 45.4 Å². The minimum absolute atomic E-state index is 0.263. The molecule has 0 radical (unpaired) electrons. The molecule has 0 bridgehead atoms. The topological polar surface area (TPSA) is 58.0 Å². The van der Waals surface area contributed by atoms with Crippen LogP contribution in [0.3, 0.4) is 0 Å². The number of benzene rings is 1. The zero-order valence-corrected chi connectivity index (χ0v) is 17.7. The number of nitrogens with one attached hydrogen (secondary N) is 1. The Bertz CT molecular complexity index is 1170. The van der Waals surface area contributed by atoms with Gasteiger partial charge >= 0.3 is 0 Å². The van der Waals surface area contributed by atoms with E-state index in [4.69, 9.17) is 0 Å². The quantitative estimate of drug-likeness (QED) is 0.392. The standard InChI is InChI=1S/C22H22FN3OS2/c1-12-13(5-7-27)2-3-14(12)20-8-15-17(4-6-24-22(15)29-20)26-18-10-19-21(9-16(18)23)28-11-25-19/h4,6,8-14,27H,2-3,5,7H2,1H3,(H,24,26)/t12-,13?,14+/m1/s1. The molecule has 0 aliphatic heterocycles. The van der Waals surface area contributed by atoms with E-state index in [9.17, 15) is 9.50 Å². The van der Waals surface area contributed by atoms with Gasteiger partial charge in [0.25, 0.3) is 0 Å². The average molecular weight is 428 g/mol. The number of hydrogen-bond donors (Lipinski definition) is 2. The van der Waals surface area contributed by atoms with Gasteiger partial charge in [-0.2, -0.15) is 0 Å². The number of nitrogens with zero attached hydrogens (tertiary/aromatic N) is 2. The SMILES string of the molecule is C[C@@H]1C(CCO)CC[C@@H]1c1cc2c(Nc3cc4ncsc4cc3F)ccnc2s1. The van der Waals surface area contributed by atoms with Crippen molar-refractivity contribution < 1.29 is 9.50 Å². The van der Waals surface area contributed by atoms with Crippen LogP contribution in [0.25, 0.3) is 20.4 Å². The molecule has 0 amide bonds. The van der Waals surface area contributed by atoms with Gasteiger partial charge in [0, 0.05) is 23.1 Å². The Morgan fingerprint density at radius 1 is 1.21 bits per heavy atom. The molecule has 29 heavy (non-hydrogen) atoms. The first kappa shape index (κ1) is 18.9. The van der Waals surface area contributed by atoms with Crippen molar-refractivity contribution >= 4 is 54.5 Å². The van der Waals surface area contributed by atoms with Crippen molar-refractivity contribution in [1.29, 1.82) is 0 Å². The number of rotatable bonds is 5. The molecule has 4 aromatic rings. The van der Waals surface area contributed by atoms with Gasteiger partial charge in [-0.15, -0.1) is 22.7 Å². The molecule has 4 nitrogen and oxygen atoms in total. The van der Waals surface area contributed by atoms with Crippen LogP contribution >= 0.6 is 22.7 Å². The first-order valence-corrected chi connectivity index (χ1v) is 11.6. The monoisotopic (exact) mass is 427 g/mol. The number of halogens is 1. The number of aliphatic hydroxyl groups is 1. The number of anilines is 2. The van der Waals surface area contributed by atoms with Crippen molar-refractivity contribution in [2.45, 2.75) is 32.1 Å². The molecule has 0 saturated heterocycles. The zero-order chi connectivity index (χ0) is 20.0. The summed E-state index contributed by atoms with van der Waals surface area (Å²) in [6.07, 6.45) is 4.97. The van der Waals surface area contributed by atoms with E-state index in [0.29, 0.717) is 23.4 Å². The van der Waals surface area contributed by atoms with Gasteiger partial charge in [-0.05, 0) is 61.3 Å². The minimum atomic E-state index is -0.279. The summed E-state index contributed by atoms with van der Waals surface area (Å²) in [6, 6.07) is 7.42. The largest absolute Gasteiger partial charge is 0.396 e. The minimum Gasteiger partial charge on any atom is -0.396 e. The lowest BCUT2D eigenvalue weighted by Gasteiger charge is -2.19. The van der Waals surface area contributed by atoms with Crippen LogP contribution in [0.15, 0.2) is 36.0 Å². The predicted molar refractivity (Wildman–Crippen MR) is 119 cm³/mol. The molecule has 1 aliphatic carbocycles. The molecule has 1 saturated carbocycles. The molecule has 0 spiro atoms. The van der Waals surface area contributed by atoms with E-state index >= 15 is 0 Å². The third-order valence-corrected chi connectivity index (χ3v) is 8.20. The highest BCUT2D eigenvalue weighted by Crippen LogP contribution is 2.48. The number of thiophene rings is 1. The summed E-state index contributed by atoms with van der Waals surface area (Å²) in [5.74, 6) is 1.36.